The Bertz CT molecular complexity index is 1790. The second kappa shape index (κ2) is 11.8. The minimum atomic E-state index is -1.02. The first-order valence-corrected chi connectivity index (χ1v) is 15.6. The molecule has 238 valence electrons. The van der Waals surface area contributed by atoms with Crippen molar-refractivity contribution >= 4 is 17.5 Å². The van der Waals surface area contributed by atoms with Crippen LogP contribution in [0.1, 0.15) is 39.9 Å². The molecule has 3 aromatic carbocycles. The second-order valence-corrected chi connectivity index (χ2v) is 12.3. The summed E-state index contributed by atoms with van der Waals surface area (Å²) in [6, 6.07) is 18.7. The molecule has 1 amide bonds. The fourth-order valence-electron chi connectivity index (χ4n) is 7.11. The third-order valence-corrected chi connectivity index (χ3v) is 9.62. The van der Waals surface area contributed by atoms with Crippen LogP contribution in [0.2, 0.25) is 5.02 Å². The number of carbonyl (C=O) groups is 1. The van der Waals surface area contributed by atoms with Crippen molar-refractivity contribution in [2.75, 3.05) is 26.8 Å². The first-order chi connectivity index (χ1) is 22.3. The van der Waals surface area contributed by atoms with Gasteiger partial charge in [0.2, 0.25) is 0 Å². The number of para-hydroxylation sites is 1. The van der Waals surface area contributed by atoms with E-state index in [2.05, 4.69) is 21.7 Å². The highest BCUT2D eigenvalue weighted by molar-refractivity contribution is 6.34. The highest BCUT2D eigenvalue weighted by atomic mass is 35.5. The maximum atomic E-state index is 16.3. The molecule has 11 heteroatoms. The predicted molar refractivity (Wildman–Crippen MR) is 168 cm³/mol. The maximum absolute atomic E-state index is 16.3. The molecule has 4 aromatic rings. The average Bonchev–Trinajstić information content (AvgIpc) is 3.64. The van der Waals surface area contributed by atoms with E-state index in [0.717, 1.165) is 30.4 Å². The molecule has 3 atom stereocenters. The van der Waals surface area contributed by atoms with E-state index in [9.17, 15) is 9.90 Å². The summed E-state index contributed by atoms with van der Waals surface area (Å²) in [5.41, 5.74) is 0.642. The van der Waals surface area contributed by atoms with Crippen molar-refractivity contribution in [1.82, 2.24) is 15.6 Å². The molecule has 1 spiro atoms. The molecule has 0 radical (unpaired) electrons. The van der Waals surface area contributed by atoms with Gasteiger partial charge < -0.3 is 30.0 Å². The molecule has 0 aliphatic carbocycles. The summed E-state index contributed by atoms with van der Waals surface area (Å²) >= 11 is 6.65. The van der Waals surface area contributed by atoms with Gasteiger partial charge in [-0.05, 0) is 30.0 Å². The third-order valence-electron chi connectivity index (χ3n) is 9.25. The van der Waals surface area contributed by atoms with Gasteiger partial charge in [0.15, 0.2) is 11.4 Å². The number of hydrogen-bond acceptors (Lipinski definition) is 7. The second-order valence-electron chi connectivity index (χ2n) is 11.9. The molecule has 3 aliphatic rings. The molecule has 1 fully saturated rings. The molecule has 3 N–H and O–H groups in total. The monoisotopic (exact) mass is 647 g/mol. The number of benzene rings is 3. The van der Waals surface area contributed by atoms with Gasteiger partial charge in [-0.25, -0.2) is 13.8 Å². The number of piperidine rings is 1. The molecule has 2 unspecified atom stereocenters. The quantitative estimate of drug-likeness (QED) is 0.248. The van der Waals surface area contributed by atoms with Crippen LogP contribution in [0.4, 0.5) is 8.78 Å². The van der Waals surface area contributed by atoms with E-state index in [1.54, 1.807) is 0 Å². The summed E-state index contributed by atoms with van der Waals surface area (Å²) in [6.07, 6.45) is 3.57. The van der Waals surface area contributed by atoms with E-state index in [-0.39, 0.29) is 53.1 Å². The number of aromatic nitrogens is 1. The van der Waals surface area contributed by atoms with Gasteiger partial charge in [0.1, 0.15) is 29.5 Å². The number of aliphatic hydroxyl groups excluding tert-OH is 1. The third kappa shape index (κ3) is 4.96. The first kappa shape index (κ1) is 30.4. The lowest BCUT2D eigenvalue weighted by atomic mass is 9.75. The van der Waals surface area contributed by atoms with Crippen molar-refractivity contribution in [1.29, 1.82) is 0 Å². The van der Waals surface area contributed by atoms with Gasteiger partial charge in [-0.1, -0.05) is 60.1 Å². The van der Waals surface area contributed by atoms with E-state index in [0.29, 0.717) is 18.5 Å². The van der Waals surface area contributed by atoms with Crippen LogP contribution in [-0.2, 0) is 18.4 Å². The van der Waals surface area contributed by atoms with Crippen molar-refractivity contribution in [3.05, 3.63) is 106 Å². The van der Waals surface area contributed by atoms with Crippen LogP contribution in [0.25, 0.3) is 11.1 Å². The average molecular weight is 648 g/mol. The van der Waals surface area contributed by atoms with Gasteiger partial charge in [-0.15, -0.1) is 0 Å². The Labute approximate surface area is 269 Å². The highest BCUT2D eigenvalue weighted by Crippen LogP contribution is 2.53. The molecule has 4 heterocycles. The zero-order valence-corrected chi connectivity index (χ0v) is 25.8. The van der Waals surface area contributed by atoms with Crippen molar-refractivity contribution in [3.8, 4) is 28.5 Å². The van der Waals surface area contributed by atoms with Gasteiger partial charge in [-0.2, -0.15) is 0 Å². The Hall–Kier alpha value is -4.25. The Balaban J connectivity index is 1.32. The molecule has 3 aliphatic heterocycles. The van der Waals surface area contributed by atoms with Gasteiger partial charge in [0, 0.05) is 55.4 Å². The maximum Gasteiger partial charge on any atom is 0.253 e. The van der Waals surface area contributed by atoms with Crippen LogP contribution < -0.4 is 24.8 Å². The summed E-state index contributed by atoms with van der Waals surface area (Å²) in [7, 11) is 1.40. The highest BCUT2D eigenvalue weighted by Gasteiger charge is 2.53. The largest absolute Gasteiger partial charge is 0.485 e. The van der Waals surface area contributed by atoms with Crippen LogP contribution in [-0.4, -0.2) is 54.4 Å². The molecule has 0 bridgehead atoms. The number of ether oxygens (including phenoxy) is 3. The SMILES string of the molecule is CNC(=O)c1cnc(OCCO)c(F)c1-c1c(Cl)c(F)cc2c1C[C@](c1ccccc1)(C1CCC3(CN1)Cc1ccccc1O3)O2. The lowest BCUT2D eigenvalue weighted by Crippen LogP contribution is -2.60. The van der Waals surface area contributed by atoms with Gasteiger partial charge >= 0.3 is 0 Å². The smallest absolute Gasteiger partial charge is 0.253 e. The number of fused-ring (bicyclic) bond motifs is 2. The van der Waals surface area contributed by atoms with Gasteiger partial charge in [0.25, 0.3) is 11.8 Å². The molecule has 1 saturated heterocycles. The zero-order valence-electron chi connectivity index (χ0n) is 25.0. The molecule has 0 saturated carbocycles. The summed E-state index contributed by atoms with van der Waals surface area (Å²) in [6.45, 7) is -0.0560. The summed E-state index contributed by atoms with van der Waals surface area (Å²) in [5, 5.41) is 15.1. The number of nitrogens with zero attached hydrogens (tertiary/aromatic N) is 1. The van der Waals surface area contributed by atoms with E-state index < -0.39 is 34.6 Å². The topological polar surface area (TPSA) is 102 Å². The number of nitrogens with one attached hydrogen (secondary N) is 2. The number of aliphatic hydroxyl groups is 1. The Morgan fingerprint density at radius 2 is 1.89 bits per heavy atom. The van der Waals surface area contributed by atoms with Gasteiger partial charge in [0.05, 0.1) is 23.2 Å². The summed E-state index contributed by atoms with van der Waals surface area (Å²) < 4.78 is 50.5. The van der Waals surface area contributed by atoms with Crippen molar-refractivity contribution in [2.45, 2.75) is 42.9 Å². The summed E-state index contributed by atoms with van der Waals surface area (Å²) in [4.78, 5) is 17.0. The van der Waals surface area contributed by atoms with E-state index in [4.69, 9.17) is 25.8 Å². The molecule has 46 heavy (non-hydrogen) atoms. The Morgan fingerprint density at radius 1 is 1.11 bits per heavy atom. The molecule has 1 aromatic heterocycles. The molecular weight excluding hydrogens is 616 g/mol. The van der Waals surface area contributed by atoms with Crippen LogP contribution in [0.5, 0.6) is 17.4 Å². The number of rotatable bonds is 7. The first-order valence-electron chi connectivity index (χ1n) is 15.2. The number of amides is 1. The molecular formula is C35H32ClF2N3O5. The lowest BCUT2D eigenvalue weighted by Gasteiger charge is -2.45. The fourth-order valence-corrected chi connectivity index (χ4v) is 7.38. The van der Waals surface area contributed by atoms with Crippen molar-refractivity contribution < 1.29 is 32.9 Å². The minimum Gasteiger partial charge on any atom is -0.485 e. The lowest BCUT2D eigenvalue weighted by molar-refractivity contribution is -0.0120. The van der Waals surface area contributed by atoms with Crippen LogP contribution >= 0.6 is 11.6 Å². The number of carbonyl (C=O) groups excluding carboxylic acids is 1. The standard InChI is InChI=1S/C35H32ClF2N3O5/c1-39-32(43)23-18-40-33(44-14-13-42)31(38)29(23)28-22-17-35(21-8-3-2-4-9-21,46-26(22)15-24(37)30(28)36)27-11-12-34(19-41-27)16-20-7-5-6-10-25(20)45-34/h2-10,15,18,27,41-42H,11-14,16-17,19H2,1H3,(H,39,43)/t27?,34?,35-/m0/s1. The van der Waals surface area contributed by atoms with Crippen LogP contribution in [0, 0.1) is 11.6 Å². The van der Waals surface area contributed by atoms with Crippen molar-refractivity contribution in [2.24, 2.45) is 0 Å². The molecule has 8 nitrogen and oxygen atoms in total. The van der Waals surface area contributed by atoms with E-state index in [1.807, 2.05) is 48.5 Å². The Morgan fingerprint density at radius 3 is 2.61 bits per heavy atom. The zero-order chi connectivity index (χ0) is 32.1. The van der Waals surface area contributed by atoms with Crippen LogP contribution in [0.15, 0.2) is 66.9 Å². The van der Waals surface area contributed by atoms with E-state index >= 15 is 8.78 Å². The minimum absolute atomic E-state index is 0.0105. The van der Waals surface area contributed by atoms with Crippen molar-refractivity contribution in [3.63, 3.8) is 0 Å². The molecule has 7 rings (SSSR count). The fraction of sp³-hybridized carbons (Fsp3) is 0.314. The number of halogens is 3. The number of pyridine rings is 1. The van der Waals surface area contributed by atoms with E-state index in [1.165, 1.54) is 18.7 Å². The Kier molecular flexibility index (Phi) is 7.83. The number of hydrogen-bond donors (Lipinski definition) is 3. The van der Waals surface area contributed by atoms with Gasteiger partial charge in [-0.3, -0.25) is 4.79 Å². The normalized spacial score (nSPS) is 22.9. The van der Waals surface area contributed by atoms with Crippen LogP contribution in [0.3, 0.4) is 0 Å². The predicted octanol–water partition coefficient (Wildman–Crippen LogP) is 5.37. The summed E-state index contributed by atoms with van der Waals surface area (Å²) in [5.74, 6) is -1.83.